The van der Waals surface area contributed by atoms with Crippen LogP contribution < -0.4 is 5.32 Å². The van der Waals surface area contributed by atoms with E-state index >= 15 is 0 Å². The zero-order valence-electron chi connectivity index (χ0n) is 9.96. The Kier molecular flexibility index (Phi) is 5.38. The minimum absolute atomic E-state index is 0.00522. The van der Waals surface area contributed by atoms with Gasteiger partial charge in [-0.05, 0) is 31.3 Å². The second-order valence-electron chi connectivity index (χ2n) is 3.64. The number of nitrogens with zero attached hydrogens (tertiary/aromatic N) is 1. The molecule has 0 saturated heterocycles. The molecule has 0 aliphatic heterocycles. The molecule has 5 heteroatoms. The predicted molar refractivity (Wildman–Crippen MR) is 67.8 cm³/mol. The summed E-state index contributed by atoms with van der Waals surface area (Å²) in [5.41, 5.74) is 0.508. The Morgan fingerprint density at radius 3 is 2.59 bits per heavy atom. The summed E-state index contributed by atoms with van der Waals surface area (Å²) in [6, 6.07) is 4.12. The van der Waals surface area contributed by atoms with Crippen molar-refractivity contribution in [3.8, 4) is 0 Å². The van der Waals surface area contributed by atoms with Crippen molar-refractivity contribution in [3.05, 3.63) is 29.0 Å². The topological polar surface area (TPSA) is 32.3 Å². The molecule has 1 rings (SSSR count). The lowest BCUT2D eigenvalue weighted by atomic mass is 10.3. The molecule has 0 radical (unpaired) electrons. The van der Waals surface area contributed by atoms with Crippen molar-refractivity contribution in [2.24, 2.45) is 0 Å². The van der Waals surface area contributed by atoms with E-state index < -0.39 is 5.82 Å². The summed E-state index contributed by atoms with van der Waals surface area (Å²) in [4.78, 5) is 13.6. The standard InChI is InChI=1S/C12H16ClFN2O/c1-3-16(4-2)8-12(17)15-9-5-6-11(14)10(13)7-9/h5-7H,3-4,8H2,1-2H3,(H,15,17). The first-order valence-electron chi connectivity index (χ1n) is 5.54. The van der Waals surface area contributed by atoms with Gasteiger partial charge in [-0.3, -0.25) is 9.69 Å². The van der Waals surface area contributed by atoms with E-state index in [-0.39, 0.29) is 10.9 Å². The Hall–Kier alpha value is -1.13. The molecule has 0 aliphatic carbocycles. The lowest BCUT2D eigenvalue weighted by Crippen LogP contribution is -2.32. The molecule has 0 saturated carbocycles. The van der Waals surface area contributed by atoms with Crippen LogP contribution in [0.3, 0.4) is 0 Å². The Bertz CT molecular complexity index is 394. The van der Waals surface area contributed by atoms with E-state index in [1.807, 2.05) is 18.7 Å². The molecule has 94 valence electrons. The van der Waals surface area contributed by atoms with Crippen molar-refractivity contribution in [1.29, 1.82) is 0 Å². The lowest BCUT2D eigenvalue weighted by Gasteiger charge is -2.17. The van der Waals surface area contributed by atoms with Crippen molar-refractivity contribution in [2.45, 2.75) is 13.8 Å². The van der Waals surface area contributed by atoms with Gasteiger partial charge in [-0.25, -0.2) is 4.39 Å². The normalized spacial score (nSPS) is 10.6. The van der Waals surface area contributed by atoms with Gasteiger partial charge in [0.15, 0.2) is 0 Å². The SMILES string of the molecule is CCN(CC)CC(=O)Nc1ccc(F)c(Cl)c1. The van der Waals surface area contributed by atoms with Gasteiger partial charge in [0.25, 0.3) is 0 Å². The fourth-order valence-electron chi connectivity index (χ4n) is 1.42. The quantitative estimate of drug-likeness (QED) is 0.881. The number of nitrogens with one attached hydrogen (secondary N) is 1. The molecule has 1 aromatic carbocycles. The van der Waals surface area contributed by atoms with Crippen LogP contribution in [0.5, 0.6) is 0 Å². The number of anilines is 1. The third-order valence-electron chi connectivity index (χ3n) is 2.46. The highest BCUT2D eigenvalue weighted by molar-refractivity contribution is 6.31. The second kappa shape index (κ2) is 6.57. The molecule has 0 unspecified atom stereocenters. The highest BCUT2D eigenvalue weighted by Gasteiger charge is 2.08. The maximum absolute atomic E-state index is 12.9. The Labute approximate surface area is 106 Å². The van der Waals surface area contributed by atoms with Crippen molar-refractivity contribution in [3.63, 3.8) is 0 Å². The summed E-state index contributed by atoms with van der Waals surface area (Å²) in [5, 5.41) is 2.68. The molecule has 3 nitrogen and oxygen atoms in total. The molecule has 0 aliphatic rings. The van der Waals surface area contributed by atoms with E-state index in [0.29, 0.717) is 12.2 Å². The van der Waals surface area contributed by atoms with E-state index in [1.54, 1.807) is 0 Å². The third kappa shape index (κ3) is 4.32. The number of halogens is 2. The number of carbonyl (C=O) groups excluding carboxylic acids is 1. The zero-order chi connectivity index (χ0) is 12.8. The van der Waals surface area contributed by atoms with Gasteiger partial charge in [0.1, 0.15) is 5.82 Å². The van der Waals surface area contributed by atoms with E-state index in [4.69, 9.17) is 11.6 Å². The molecule has 0 fully saturated rings. The second-order valence-corrected chi connectivity index (χ2v) is 4.05. The highest BCUT2D eigenvalue weighted by atomic mass is 35.5. The molecule has 0 aromatic heterocycles. The summed E-state index contributed by atoms with van der Waals surface area (Å²) in [6.07, 6.45) is 0. The monoisotopic (exact) mass is 258 g/mol. The van der Waals surface area contributed by atoms with Crippen LogP contribution in [-0.4, -0.2) is 30.4 Å². The van der Waals surface area contributed by atoms with Gasteiger partial charge in [-0.2, -0.15) is 0 Å². The molecule has 1 N–H and O–H groups in total. The number of hydrogen-bond acceptors (Lipinski definition) is 2. The van der Waals surface area contributed by atoms with Gasteiger partial charge in [0, 0.05) is 5.69 Å². The van der Waals surface area contributed by atoms with Crippen LogP contribution >= 0.6 is 11.6 Å². The molecule has 1 aromatic rings. The predicted octanol–water partition coefficient (Wildman–Crippen LogP) is 2.76. The summed E-state index contributed by atoms with van der Waals surface area (Å²) < 4.78 is 12.9. The fourth-order valence-corrected chi connectivity index (χ4v) is 1.61. The summed E-state index contributed by atoms with van der Waals surface area (Å²) in [7, 11) is 0. The van der Waals surface area contributed by atoms with Gasteiger partial charge in [0.2, 0.25) is 5.91 Å². The maximum atomic E-state index is 12.9. The number of amides is 1. The number of likely N-dealkylation sites (N-methyl/N-ethyl adjacent to an activating group) is 1. The first kappa shape index (κ1) is 13.9. The van der Waals surface area contributed by atoms with E-state index in [9.17, 15) is 9.18 Å². The van der Waals surface area contributed by atoms with Crippen LogP contribution in [0.1, 0.15) is 13.8 Å². The minimum atomic E-state index is -0.492. The number of carbonyl (C=O) groups is 1. The highest BCUT2D eigenvalue weighted by Crippen LogP contribution is 2.19. The summed E-state index contributed by atoms with van der Waals surface area (Å²) in [6.45, 7) is 5.93. The number of benzene rings is 1. The average Bonchev–Trinajstić information content (AvgIpc) is 2.31. The maximum Gasteiger partial charge on any atom is 0.238 e. The van der Waals surface area contributed by atoms with Crippen LogP contribution in [0.4, 0.5) is 10.1 Å². The van der Waals surface area contributed by atoms with Crippen LogP contribution in [0.25, 0.3) is 0 Å². The van der Waals surface area contributed by atoms with Crippen LogP contribution in [-0.2, 0) is 4.79 Å². The van der Waals surface area contributed by atoms with E-state index in [2.05, 4.69) is 5.32 Å². The van der Waals surface area contributed by atoms with Crippen LogP contribution in [0.2, 0.25) is 5.02 Å². The molecule has 0 heterocycles. The first-order chi connectivity index (χ1) is 8.06. The molecule has 0 atom stereocenters. The van der Waals surface area contributed by atoms with Gasteiger partial charge in [-0.15, -0.1) is 0 Å². The van der Waals surface area contributed by atoms with Crippen LogP contribution in [0, 0.1) is 5.82 Å². The van der Waals surface area contributed by atoms with Crippen LogP contribution in [0.15, 0.2) is 18.2 Å². The van der Waals surface area contributed by atoms with Gasteiger partial charge in [-0.1, -0.05) is 25.4 Å². The van der Waals surface area contributed by atoms with E-state index in [1.165, 1.54) is 18.2 Å². The fraction of sp³-hybridized carbons (Fsp3) is 0.417. The van der Waals surface area contributed by atoms with Gasteiger partial charge < -0.3 is 5.32 Å². The first-order valence-corrected chi connectivity index (χ1v) is 5.91. The minimum Gasteiger partial charge on any atom is -0.325 e. The molecular weight excluding hydrogens is 243 g/mol. The lowest BCUT2D eigenvalue weighted by molar-refractivity contribution is -0.117. The smallest absolute Gasteiger partial charge is 0.238 e. The largest absolute Gasteiger partial charge is 0.325 e. The summed E-state index contributed by atoms with van der Waals surface area (Å²) in [5.74, 6) is -0.621. The van der Waals surface area contributed by atoms with Crippen molar-refractivity contribution >= 4 is 23.2 Å². The molecule has 0 bridgehead atoms. The summed E-state index contributed by atoms with van der Waals surface area (Å²) >= 11 is 5.62. The van der Waals surface area contributed by atoms with Crippen molar-refractivity contribution < 1.29 is 9.18 Å². The molecule has 0 spiro atoms. The Balaban J connectivity index is 2.58. The number of rotatable bonds is 5. The van der Waals surface area contributed by atoms with Crippen molar-refractivity contribution in [2.75, 3.05) is 25.0 Å². The molecule has 17 heavy (non-hydrogen) atoms. The van der Waals surface area contributed by atoms with Gasteiger partial charge in [0.05, 0.1) is 11.6 Å². The average molecular weight is 259 g/mol. The third-order valence-corrected chi connectivity index (χ3v) is 2.75. The zero-order valence-corrected chi connectivity index (χ0v) is 10.7. The van der Waals surface area contributed by atoms with Gasteiger partial charge >= 0.3 is 0 Å². The van der Waals surface area contributed by atoms with E-state index in [0.717, 1.165) is 13.1 Å². The molecule has 1 amide bonds. The Morgan fingerprint density at radius 2 is 2.06 bits per heavy atom. The molecular formula is C12H16ClFN2O. The number of hydrogen-bond donors (Lipinski definition) is 1. The van der Waals surface area contributed by atoms with Crippen molar-refractivity contribution in [1.82, 2.24) is 4.90 Å². The Morgan fingerprint density at radius 1 is 1.41 bits per heavy atom.